The third-order valence-corrected chi connectivity index (χ3v) is 3.28. The lowest BCUT2D eigenvalue weighted by Gasteiger charge is -2.16. The standard InChI is InChI=1S/C15H16FNO/c1-9-6-11(3)13(7-10(9)2)15(18)12-4-5-17-8-14(12)16/h4-8,15,18H,1-3H3. The van der Waals surface area contributed by atoms with E-state index in [9.17, 15) is 9.50 Å². The summed E-state index contributed by atoms with van der Waals surface area (Å²) in [4.78, 5) is 3.69. The number of halogens is 1. The van der Waals surface area contributed by atoms with Crippen molar-refractivity contribution < 1.29 is 9.50 Å². The van der Waals surface area contributed by atoms with Crippen molar-refractivity contribution in [1.29, 1.82) is 0 Å². The first kappa shape index (κ1) is 12.7. The lowest BCUT2D eigenvalue weighted by molar-refractivity contribution is 0.214. The van der Waals surface area contributed by atoms with Crippen LogP contribution in [0.4, 0.5) is 4.39 Å². The first-order valence-corrected chi connectivity index (χ1v) is 5.86. The zero-order valence-electron chi connectivity index (χ0n) is 10.7. The number of aromatic nitrogens is 1. The van der Waals surface area contributed by atoms with E-state index in [0.29, 0.717) is 0 Å². The molecule has 1 aromatic carbocycles. The maximum atomic E-state index is 13.6. The first-order valence-electron chi connectivity index (χ1n) is 5.86. The molecule has 1 unspecified atom stereocenters. The van der Waals surface area contributed by atoms with E-state index in [0.717, 1.165) is 22.9 Å². The monoisotopic (exact) mass is 245 g/mol. The molecule has 3 heteroatoms. The predicted molar refractivity (Wildman–Crippen MR) is 68.9 cm³/mol. The van der Waals surface area contributed by atoms with E-state index in [1.807, 2.05) is 32.9 Å². The summed E-state index contributed by atoms with van der Waals surface area (Å²) in [6.45, 7) is 5.92. The summed E-state index contributed by atoms with van der Waals surface area (Å²) < 4.78 is 13.6. The van der Waals surface area contributed by atoms with Gasteiger partial charge in [0, 0.05) is 11.8 Å². The number of benzene rings is 1. The number of hydrogen-bond acceptors (Lipinski definition) is 2. The van der Waals surface area contributed by atoms with Gasteiger partial charge >= 0.3 is 0 Å². The molecule has 0 saturated carbocycles. The highest BCUT2D eigenvalue weighted by atomic mass is 19.1. The molecule has 18 heavy (non-hydrogen) atoms. The molecule has 1 atom stereocenters. The van der Waals surface area contributed by atoms with Crippen molar-refractivity contribution in [3.8, 4) is 0 Å². The summed E-state index contributed by atoms with van der Waals surface area (Å²) in [5, 5.41) is 10.3. The molecule has 2 rings (SSSR count). The molecule has 0 fully saturated rings. The largest absolute Gasteiger partial charge is 0.384 e. The molecule has 0 saturated heterocycles. The fourth-order valence-corrected chi connectivity index (χ4v) is 2.05. The molecule has 1 N–H and O–H groups in total. The van der Waals surface area contributed by atoms with Gasteiger partial charge in [-0.2, -0.15) is 0 Å². The van der Waals surface area contributed by atoms with Crippen LogP contribution in [0.5, 0.6) is 0 Å². The minimum Gasteiger partial charge on any atom is -0.384 e. The zero-order valence-corrected chi connectivity index (χ0v) is 10.7. The third kappa shape index (κ3) is 2.27. The van der Waals surface area contributed by atoms with Crippen LogP contribution in [0.15, 0.2) is 30.6 Å². The molecular formula is C15H16FNO. The number of aliphatic hydroxyl groups excluding tert-OH is 1. The van der Waals surface area contributed by atoms with Crippen LogP contribution in [-0.4, -0.2) is 10.1 Å². The number of aliphatic hydroxyl groups is 1. The van der Waals surface area contributed by atoms with Crippen molar-refractivity contribution in [2.75, 3.05) is 0 Å². The molecule has 94 valence electrons. The van der Waals surface area contributed by atoms with E-state index in [1.54, 1.807) is 0 Å². The lowest BCUT2D eigenvalue weighted by Crippen LogP contribution is -2.06. The molecule has 0 spiro atoms. The Morgan fingerprint density at radius 2 is 1.72 bits per heavy atom. The van der Waals surface area contributed by atoms with Gasteiger partial charge in [0.1, 0.15) is 11.9 Å². The van der Waals surface area contributed by atoms with Gasteiger partial charge < -0.3 is 5.11 Å². The highest BCUT2D eigenvalue weighted by Crippen LogP contribution is 2.28. The van der Waals surface area contributed by atoms with E-state index in [2.05, 4.69) is 4.98 Å². The molecule has 0 aliphatic carbocycles. The second kappa shape index (κ2) is 4.86. The van der Waals surface area contributed by atoms with Gasteiger partial charge in [-0.25, -0.2) is 4.39 Å². The highest BCUT2D eigenvalue weighted by molar-refractivity contribution is 5.41. The van der Waals surface area contributed by atoms with Gasteiger partial charge in [0.2, 0.25) is 0 Å². The van der Waals surface area contributed by atoms with Crippen molar-refractivity contribution in [2.45, 2.75) is 26.9 Å². The first-order chi connectivity index (χ1) is 8.50. The predicted octanol–water partition coefficient (Wildman–Crippen LogP) is 3.23. The van der Waals surface area contributed by atoms with Gasteiger partial charge in [0.05, 0.1) is 6.20 Å². The maximum Gasteiger partial charge on any atom is 0.147 e. The zero-order chi connectivity index (χ0) is 13.3. The molecular weight excluding hydrogens is 229 g/mol. The Bertz CT molecular complexity index is 581. The van der Waals surface area contributed by atoms with Gasteiger partial charge in [-0.1, -0.05) is 12.1 Å². The summed E-state index contributed by atoms with van der Waals surface area (Å²) in [5.41, 5.74) is 4.21. The highest BCUT2D eigenvalue weighted by Gasteiger charge is 2.17. The SMILES string of the molecule is Cc1cc(C)c(C(O)c2ccncc2F)cc1C. The Morgan fingerprint density at radius 1 is 1.06 bits per heavy atom. The van der Waals surface area contributed by atoms with Gasteiger partial charge in [0.15, 0.2) is 0 Å². The second-order valence-corrected chi connectivity index (χ2v) is 4.59. The normalized spacial score (nSPS) is 12.5. The van der Waals surface area contributed by atoms with Crippen LogP contribution in [0, 0.1) is 26.6 Å². The van der Waals surface area contributed by atoms with Crippen molar-refractivity contribution in [3.05, 3.63) is 64.2 Å². The Morgan fingerprint density at radius 3 is 2.39 bits per heavy atom. The summed E-state index contributed by atoms with van der Waals surface area (Å²) >= 11 is 0. The van der Waals surface area contributed by atoms with Gasteiger partial charge in [-0.3, -0.25) is 4.98 Å². The van der Waals surface area contributed by atoms with E-state index in [-0.39, 0.29) is 5.56 Å². The Kier molecular flexibility index (Phi) is 3.43. The average molecular weight is 245 g/mol. The Hall–Kier alpha value is -1.74. The van der Waals surface area contributed by atoms with E-state index < -0.39 is 11.9 Å². The Balaban J connectivity index is 2.50. The quantitative estimate of drug-likeness (QED) is 0.881. The summed E-state index contributed by atoms with van der Waals surface area (Å²) in [6, 6.07) is 5.43. The van der Waals surface area contributed by atoms with Crippen LogP contribution in [0.1, 0.15) is 33.9 Å². The van der Waals surface area contributed by atoms with Crippen LogP contribution in [0.3, 0.4) is 0 Å². The number of pyridine rings is 1. The molecule has 0 radical (unpaired) electrons. The minimum atomic E-state index is -0.952. The van der Waals surface area contributed by atoms with Crippen LogP contribution in [0.2, 0.25) is 0 Å². The molecule has 0 aliphatic rings. The molecule has 2 aromatic rings. The summed E-state index contributed by atoms with van der Waals surface area (Å²) in [6.07, 6.45) is 1.65. The van der Waals surface area contributed by atoms with E-state index in [4.69, 9.17) is 0 Å². The number of aryl methyl sites for hydroxylation is 3. The minimum absolute atomic E-state index is 0.261. The van der Waals surface area contributed by atoms with Gasteiger partial charge in [-0.05, 0) is 49.1 Å². The van der Waals surface area contributed by atoms with Crippen molar-refractivity contribution in [1.82, 2.24) is 4.98 Å². The fraction of sp³-hybridized carbons (Fsp3) is 0.267. The smallest absolute Gasteiger partial charge is 0.147 e. The summed E-state index contributed by atoms with van der Waals surface area (Å²) in [7, 11) is 0. The number of nitrogens with zero attached hydrogens (tertiary/aromatic N) is 1. The average Bonchev–Trinajstić information content (AvgIpc) is 2.33. The fourth-order valence-electron chi connectivity index (χ4n) is 2.05. The van der Waals surface area contributed by atoms with Crippen molar-refractivity contribution in [3.63, 3.8) is 0 Å². The summed E-state index contributed by atoms with van der Waals surface area (Å²) in [5.74, 6) is -0.484. The van der Waals surface area contributed by atoms with Crippen molar-refractivity contribution >= 4 is 0 Å². The van der Waals surface area contributed by atoms with E-state index >= 15 is 0 Å². The molecule has 0 amide bonds. The molecule has 1 aromatic heterocycles. The maximum absolute atomic E-state index is 13.6. The topological polar surface area (TPSA) is 33.1 Å². The van der Waals surface area contributed by atoms with Crippen molar-refractivity contribution in [2.24, 2.45) is 0 Å². The molecule has 0 bridgehead atoms. The molecule has 0 aliphatic heterocycles. The van der Waals surface area contributed by atoms with Gasteiger partial charge in [0.25, 0.3) is 0 Å². The molecule has 2 nitrogen and oxygen atoms in total. The van der Waals surface area contributed by atoms with E-state index in [1.165, 1.54) is 17.8 Å². The lowest BCUT2D eigenvalue weighted by atomic mass is 9.94. The van der Waals surface area contributed by atoms with Crippen LogP contribution >= 0.6 is 0 Å². The van der Waals surface area contributed by atoms with Gasteiger partial charge in [-0.15, -0.1) is 0 Å². The van der Waals surface area contributed by atoms with Crippen LogP contribution < -0.4 is 0 Å². The third-order valence-electron chi connectivity index (χ3n) is 3.28. The Labute approximate surface area is 106 Å². The van der Waals surface area contributed by atoms with Crippen LogP contribution in [0.25, 0.3) is 0 Å². The molecule has 1 heterocycles. The van der Waals surface area contributed by atoms with Crippen LogP contribution in [-0.2, 0) is 0 Å². The number of rotatable bonds is 2. The number of hydrogen-bond donors (Lipinski definition) is 1. The second-order valence-electron chi connectivity index (χ2n) is 4.59.